The number of carboxylic acid groups (broad SMARTS) is 1. The Morgan fingerprint density at radius 2 is 1.56 bits per heavy atom. The second-order valence-electron chi connectivity index (χ2n) is 7.32. The summed E-state index contributed by atoms with van der Waals surface area (Å²) in [5.41, 5.74) is 3.29. The van der Waals surface area contributed by atoms with Gasteiger partial charge in [0.25, 0.3) is 0 Å². The molecule has 0 saturated carbocycles. The Balaban J connectivity index is 1.54. The maximum Gasteiger partial charge on any atom is 0.593 e. The number of benzene rings is 3. The van der Waals surface area contributed by atoms with Crippen LogP contribution < -0.4 is 10.1 Å². The first-order valence-corrected chi connectivity index (χ1v) is 10.4. The molecule has 3 aromatic rings. The molecule has 0 amide bonds. The van der Waals surface area contributed by atoms with E-state index in [0.29, 0.717) is 24.3 Å². The van der Waals surface area contributed by atoms with Crippen LogP contribution in [0.4, 0.5) is 18.9 Å². The zero-order valence-electron chi connectivity index (χ0n) is 18.1. The topological polar surface area (TPSA) is 80.2 Å². The van der Waals surface area contributed by atoms with Gasteiger partial charge in [-0.2, -0.15) is 0 Å². The lowest BCUT2D eigenvalue weighted by Crippen LogP contribution is -2.17. The van der Waals surface area contributed by atoms with Crippen molar-refractivity contribution in [3.63, 3.8) is 0 Å². The van der Waals surface area contributed by atoms with Crippen molar-refractivity contribution in [2.45, 2.75) is 25.7 Å². The van der Waals surface area contributed by atoms with Crippen molar-refractivity contribution in [1.82, 2.24) is 0 Å². The highest BCUT2D eigenvalue weighted by Gasteiger charge is 2.31. The molecule has 2 N–H and O–H groups in total. The van der Waals surface area contributed by atoms with E-state index >= 15 is 0 Å². The number of oxime groups is 1. The van der Waals surface area contributed by atoms with E-state index in [2.05, 4.69) is 15.3 Å². The Kier molecular flexibility index (Phi) is 8.50. The van der Waals surface area contributed by atoms with E-state index < -0.39 is 12.3 Å². The molecule has 34 heavy (non-hydrogen) atoms. The Bertz CT molecular complexity index is 1080. The largest absolute Gasteiger partial charge is 0.593 e. The maximum absolute atomic E-state index is 12.4. The molecule has 6 nitrogen and oxygen atoms in total. The molecule has 0 heterocycles. The SMILES string of the molecule is O=C(O)CCc1ccc(NCc2ccc(OC/C(=N\OC(F)(F)F)c3ccccc3)cc2)cc1. The van der Waals surface area contributed by atoms with Crippen LogP contribution in [-0.2, 0) is 22.6 Å². The average Bonchev–Trinajstić information content (AvgIpc) is 2.82. The third-order valence-electron chi connectivity index (χ3n) is 4.74. The van der Waals surface area contributed by atoms with Crippen LogP contribution in [0.3, 0.4) is 0 Å². The molecule has 0 fully saturated rings. The average molecular weight is 472 g/mol. The number of rotatable bonds is 11. The number of aryl methyl sites for hydroxylation is 1. The van der Waals surface area contributed by atoms with Crippen molar-refractivity contribution in [1.29, 1.82) is 0 Å². The number of carbonyl (C=O) groups is 1. The first kappa shape index (κ1) is 24.6. The zero-order chi connectivity index (χ0) is 24.4. The molecule has 0 unspecified atom stereocenters. The van der Waals surface area contributed by atoms with Gasteiger partial charge in [0.2, 0.25) is 0 Å². The Labute approximate surface area is 194 Å². The lowest BCUT2D eigenvalue weighted by Gasteiger charge is -2.11. The monoisotopic (exact) mass is 472 g/mol. The molecule has 0 bridgehead atoms. The molecule has 3 rings (SSSR count). The first-order valence-electron chi connectivity index (χ1n) is 10.4. The molecule has 0 aliphatic heterocycles. The van der Waals surface area contributed by atoms with Crippen LogP contribution in [0.25, 0.3) is 0 Å². The zero-order valence-corrected chi connectivity index (χ0v) is 18.1. The Hall–Kier alpha value is -4.01. The molecule has 0 saturated heterocycles. The van der Waals surface area contributed by atoms with E-state index in [1.54, 1.807) is 42.5 Å². The summed E-state index contributed by atoms with van der Waals surface area (Å²) < 4.78 is 42.9. The summed E-state index contributed by atoms with van der Waals surface area (Å²) in [6.07, 6.45) is -4.31. The molecule has 0 spiro atoms. The van der Waals surface area contributed by atoms with E-state index in [0.717, 1.165) is 16.8 Å². The molecule has 0 aliphatic carbocycles. The molecule has 0 aromatic heterocycles. The van der Waals surface area contributed by atoms with Crippen LogP contribution in [0.15, 0.2) is 84.0 Å². The summed E-state index contributed by atoms with van der Waals surface area (Å²) >= 11 is 0. The second kappa shape index (κ2) is 11.7. The van der Waals surface area contributed by atoms with Gasteiger partial charge in [-0.3, -0.25) is 9.63 Å². The number of carboxylic acids is 1. The third-order valence-corrected chi connectivity index (χ3v) is 4.74. The smallest absolute Gasteiger partial charge is 0.487 e. The van der Waals surface area contributed by atoms with Gasteiger partial charge in [0.1, 0.15) is 18.1 Å². The van der Waals surface area contributed by atoms with E-state index in [1.165, 1.54) is 0 Å². The van der Waals surface area contributed by atoms with Crippen LogP contribution in [0, 0.1) is 0 Å². The van der Waals surface area contributed by atoms with E-state index in [4.69, 9.17) is 9.84 Å². The van der Waals surface area contributed by atoms with Gasteiger partial charge in [-0.1, -0.05) is 59.8 Å². The van der Waals surface area contributed by atoms with Crippen molar-refractivity contribution in [3.05, 3.63) is 95.6 Å². The van der Waals surface area contributed by atoms with Crippen LogP contribution >= 0.6 is 0 Å². The minimum Gasteiger partial charge on any atom is -0.487 e. The van der Waals surface area contributed by atoms with Crippen molar-refractivity contribution < 1.29 is 32.6 Å². The maximum atomic E-state index is 12.4. The van der Waals surface area contributed by atoms with Gasteiger partial charge in [-0.25, -0.2) is 0 Å². The number of nitrogens with one attached hydrogen (secondary N) is 1. The summed E-state index contributed by atoms with van der Waals surface area (Å²) in [5, 5.41) is 15.2. The summed E-state index contributed by atoms with van der Waals surface area (Å²) in [7, 11) is 0. The molecular formula is C25H23F3N2O4. The number of ether oxygens (including phenoxy) is 1. The first-order chi connectivity index (χ1) is 16.3. The highest BCUT2D eigenvalue weighted by Crippen LogP contribution is 2.19. The predicted octanol–water partition coefficient (Wildman–Crippen LogP) is 5.64. The fourth-order valence-corrected chi connectivity index (χ4v) is 3.00. The highest BCUT2D eigenvalue weighted by molar-refractivity contribution is 6.01. The van der Waals surface area contributed by atoms with E-state index in [1.807, 2.05) is 36.4 Å². The molecule has 178 valence electrons. The summed E-state index contributed by atoms with van der Waals surface area (Å²) in [6, 6.07) is 23.0. The van der Waals surface area contributed by atoms with Gasteiger partial charge in [-0.05, 0) is 41.8 Å². The number of halogens is 3. The van der Waals surface area contributed by atoms with Crippen LogP contribution in [0.1, 0.15) is 23.1 Å². The van der Waals surface area contributed by atoms with Crippen LogP contribution in [0.5, 0.6) is 5.75 Å². The molecule has 0 atom stereocenters. The molecule has 3 aromatic carbocycles. The lowest BCUT2D eigenvalue weighted by molar-refractivity contribution is -0.325. The van der Waals surface area contributed by atoms with Crippen molar-refractivity contribution in [2.24, 2.45) is 5.16 Å². The Morgan fingerprint density at radius 1 is 0.912 bits per heavy atom. The number of alkyl halides is 3. The van der Waals surface area contributed by atoms with Gasteiger partial charge in [-0.15, -0.1) is 13.2 Å². The van der Waals surface area contributed by atoms with E-state index in [-0.39, 0.29) is 18.7 Å². The van der Waals surface area contributed by atoms with Crippen LogP contribution in [0.2, 0.25) is 0 Å². The number of nitrogens with zero attached hydrogens (tertiary/aromatic N) is 1. The van der Waals surface area contributed by atoms with Crippen molar-refractivity contribution >= 4 is 17.4 Å². The Morgan fingerprint density at radius 3 is 2.18 bits per heavy atom. The fourth-order valence-electron chi connectivity index (χ4n) is 3.00. The normalized spacial score (nSPS) is 11.7. The number of hydrogen-bond donors (Lipinski definition) is 2. The third kappa shape index (κ3) is 8.50. The molecule has 9 heteroatoms. The number of anilines is 1. The van der Waals surface area contributed by atoms with Gasteiger partial charge in [0.05, 0.1) is 0 Å². The number of hydrogen-bond acceptors (Lipinski definition) is 5. The molecular weight excluding hydrogens is 449 g/mol. The van der Waals surface area contributed by atoms with E-state index in [9.17, 15) is 18.0 Å². The van der Waals surface area contributed by atoms with Crippen LogP contribution in [-0.4, -0.2) is 29.8 Å². The predicted molar refractivity (Wildman–Crippen MR) is 122 cm³/mol. The molecule has 0 radical (unpaired) electrons. The summed E-state index contributed by atoms with van der Waals surface area (Å²) in [6.45, 7) is 0.344. The van der Waals surface area contributed by atoms with Gasteiger partial charge >= 0.3 is 12.3 Å². The second-order valence-corrected chi connectivity index (χ2v) is 7.32. The summed E-state index contributed by atoms with van der Waals surface area (Å²) in [4.78, 5) is 14.3. The fraction of sp³-hybridized carbons (Fsp3) is 0.200. The highest BCUT2D eigenvalue weighted by atomic mass is 19.4. The minimum absolute atomic E-state index is 0.00969. The van der Waals surface area contributed by atoms with Crippen molar-refractivity contribution in [2.75, 3.05) is 11.9 Å². The number of aliphatic carboxylic acids is 1. The lowest BCUT2D eigenvalue weighted by atomic mass is 10.1. The van der Waals surface area contributed by atoms with Gasteiger partial charge < -0.3 is 15.2 Å². The van der Waals surface area contributed by atoms with Gasteiger partial charge in [0.15, 0.2) is 0 Å². The minimum atomic E-state index is -4.88. The summed E-state index contributed by atoms with van der Waals surface area (Å²) in [5.74, 6) is -0.352. The quantitative estimate of drug-likeness (QED) is 0.279. The molecule has 0 aliphatic rings. The van der Waals surface area contributed by atoms with Crippen molar-refractivity contribution in [3.8, 4) is 5.75 Å². The standard InChI is InChI=1S/C25H23F3N2O4/c26-25(27,28)34-30-23(20-4-2-1-3-5-20)17-33-22-13-8-19(9-14-22)16-29-21-11-6-18(7-12-21)10-15-24(31)32/h1-9,11-14,29H,10,15-17H2,(H,31,32)/b30-23+. The van der Waals surface area contributed by atoms with Gasteiger partial charge in [0, 0.05) is 24.2 Å².